The molecule has 1 saturated heterocycles. The van der Waals surface area contributed by atoms with Crippen LogP contribution in [0.15, 0.2) is 53.4 Å². The van der Waals surface area contributed by atoms with Gasteiger partial charge in [-0.15, -0.1) is 11.8 Å². The van der Waals surface area contributed by atoms with Gasteiger partial charge in [0.05, 0.1) is 12.2 Å². The fraction of sp³-hybridized carbons (Fsp3) is 0.409. The molecule has 0 spiro atoms. The fourth-order valence-electron chi connectivity index (χ4n) is 4.03. The Hall–Kier alpha value is -2.14. The van der Waals surface area contributed by atoms with Crippen molar-refractivity contribution >= 4 is 29.0 Å². The third kappa shape index (κ3) is 3.93. The molecule has 1 amide bonds. The first-order chi connectivity index (χ1) is 13.1. The topological polar surface area (TPSA) is 26.8 Å². The third-order valence-corrected chi connectivity index (χ3v) is 6.51. The Bertz CT molecular complexity index is 825. The highest BCUT2D eigenvalue weighted by Crippen LogP contribution is 2.34. The van der Waals surface area contributed by atoms with E-state index < -0.39 is 0 Å². The molecule has 4 nitrogen and oxygen atoms in total. The van der Waals surface area contributed by atoms with Crippen LogP contribution in [0.5, 0.6) is 0 Å². The third-order valence-electron chi connectivity index (χ3n) is 5.46. The molecule has 142 valence electrons. The largest absolute Gasteiger partial charge is 0.365 e. The minimum Gasteiger partial charge on any atom is -0.365 e. The van der Waals surface area contributed by atoms with Gasteiger partial charge in [0.15, 0.2) is 0 Å². The van der Waals surface area contributed by atoms with Crippen molar-refractivity contribution in [3.63, 3.8) is 0 Å². The Morgan fingerprint density at radius 3 is 2.78 bits per heavy atom. The van der Waals surface area contributed by atoms with E-state index in [4.69, 9.17) is 0 Å². The van der Waals surface area contributed by atoms with Crippen LogP contribution in [0.25, 0.3) is 0 Å². The number of para-hydroxylation sites is 1. The monoisotopic (exact) mass is 381 g/mol. The smallest absolute Gasteiger partial charge is 0.242 e. The molecule has 0 aromatic heterocycles. The van der Waals surface area contributed by atoms with Gasteiger partial charge in [-0.25, -0.2) is 0 Å². The molecule has 0 saturated carbocycles. The number of hydrogen-bond donors (Lipinski definition) is 0. The normalized spacial score (nSPS) is 19.8. The number of fused-ring (bicyclic) bond motifs is 1. The SMILES string of the molecule is Cc1cccc(N2CCN(C(=O)CN3CCSc4ccccc43)C[C@@H]2C)c1. The predicted molar refractivity (Wildman–Crippen MR) is 114 cm³/mol. The molecule has 1 atom stereocenters. The molecular weight excluding hydrogens is 354 g/mol. The fourth-order valence-corrected chi connectivity index (χ4v) is 5.08. The minimum atomic E-state index is 0.243. The Kier molecular flexibility index (Phi) is 5.30. The van der Waals surface area contributed by atoms with Crippen molar-refractivity contribution in [1.82, 2.24) is 4.90 Å². The van der Waals surface area contributed by atoms with E-state index in [1.54, 1.807) is 0 Å². The molecule has 2 heterocycles. The van der Waals surface area contributed by atoms with E-state index in [1.807, 2.05) is 16.7 Å². The van der Waals surface area contributed by atoms with Crippen LogP contribution in [0, 0.1) is 6.92 Å². The standard InChI is InChI=1S/C22H27N3OS/c1-17-6-5-7-19(14-17)25-11-10-24(15-18(25)2)22(26)16-23-12-13-27-21-9-4-3-8-20(21)23/h3-9,14,18H,10-13,15-16H2,1-2H3/t18-/m0/s1. The Morgan fingerprint density at radius 2 is 1.96 bits per heavy atom. The van der Waals surface area contributed by atoms with Crippen molar-refractivity contribution in [3.8, 4) is 0 Å². The van der Waals surface area contributed by atoms with E-state index in [0.717, 1.165) is 31.9 Å². The zero-order valence-corrected chi connectivity index (χ0v) is 16.9. The van der Waals surface area contributed by atoms with E-state index in [0.29, 0.717) is 12.6 Å². The number of rotatable bonds is 3. The van der Waals surface area contributed by atoms with E-state index in [-0.39, 0.29) is 5.91 Å². The average Bonchev–Trinajstić information content (AvgIpc) is 2.68. The number of benzene rings is 2. The number of carbonyl (C=O) groups is 1. The van der Waals surface area contributed by atoms with Gasteiger partial charge in [-0.2, -0.15) is 0 Å². The highest BCUT2D eigenvalue weighted by molar-refractivity contribution is 7.99. The van der Waals surface area contributed by atoms with E-state index in [1.165, 1.54) is 21.8 Å². The van der Waals surface area contributed by atoms with Crippen LogP contribution in [0.1, 0.15) is 12.5 Å². The molecule has 2 aliphatic rings. The summed E-state index contributed by atoms with van der Waals surface area (Å²) in [6.45, 7) is 8.24. The number of piperazine rings is 1. The lowest BCUT2D eigenvalue weighted by Gasteiger charge is -2.42. The summed E-state index contributed by atoms with van der Waals surface area (Å²) in [7, 11) is 0. The van der Waals surface area contributed by atoms with Crippen LogP contribution in [-0.4, -0.2) is 55.3 Å². The summed E-state index contributed by atoms with van der Waals surface area (Å²) in [6, 6.07) is 17.4. The Morgan fingerprint density at radius 1 is 1.11 bits per heavy atom. The van der Waals surface area contributed by atoms with E-state index in [9.17, 15) is 4.79 Å². The first kappa shape index (κ1) is 18.2. The second-order valence-electron chi connectivity index (χ2n) is 7.46. The van der Waals surface area contributed by atoms with Gasteiger partial charge >= 0.3 is 0 Å². The van der Waals surface area contributed by atoms with Crippen molar-refractivity contribution in [1.29, 1.82) is 0 Å². The van der Waals surface area contributed by atoms with Crippen LogP contribution in [0.2, 0.25) is 0 Å². The summed E-state index contributed by atoms with van der Waals surface area (Å²) in [5.74, 6) is 1.29. The zero-order chi connectivity index (χ0) is 18.8. The maximum Gasteiger partial charge on any atom is 0.242 e. The lowest BCUT2D eigenvalue weighted by molar-refractivity contribution is -0.130. The van der Waals surface area contributed by atoms with E-state index >= 15 is 0 Å². The van der Waals surface area contributed by atoms with Gasteiger partial charge in [-0.05, 0) is 43.7 Å². The van der Waals surface area contributed by atoms with Gasteiger partial charge in [-0.1, -0.05) is 24.3 Å². The van der Waals surface area contributed by atoms with Gasteiger partial charge in [0.25, 0.3) is 0 Å². The molecule has 0 aliphatic carbocycles. The van der Waals surface area contributed by atoms with Gasteiger partial charge < -0.3 is 14.7 Å². The number of thioether (sulfide) groups is 1. The Balaban J connectivity index is 1.40. The van der Waals surface area contributed by atoms with Crippen LogP contribution in [-0.2, 0) is 4.79 Å². The van der Waals surface area contributed by atoms with Crippen LogP contribution < -0.4 is 9.80 Å². The van der Waals surface area contributed by atoms with Crippen LogP contribution in [0.3, 0.4) is 0 Å². The summed E-state index contributed by atoms with van der Waals surface area (Å²) in [5, 5.41) is 0. The van der Waals surface area contributed by atoms with Crippen molar-refractivity contribution in [2.45, 2.75) is 24.8 Å². The summed E-state index contributed by atoms with van der Waals surface area (Å²) in [6.07, 6.45) is 0. The molecule has 0 bridgehead atoms. The maximum atomic E-state index is 13.0. The number of amides is 1. The minimum absolute atomic E-state index is 0.243. The van der Waals surface area contributed by atoms with Crippen LogP contribution >= 0.6 is 11.8 Å². The van der Waals surface area contributed by atoms with Gasteiger partial charge in [0.2, 0.25) is 5.91 Å². The van der Waals surface area contributed by atoms with Crippen molar-refractivity contribution < 1.29 is 4.79 Å². The average molecular weight is 382 g/mol. The van der Waals surface area contributed by atoms with Gasteiger partial charge in [0.1, 0.15) is 0 Å². The number of nitrogens with zero attached hydrogens (tertiary/aromatic N) is 3. The van der Waals surface area contributed by atoms with Crippen molar-refractivity contribution in [2.75, 3.05) is 48.3 Å². The lowest BCUT2D eigenvalue weighted by Crippen LogP contribution is -2.55. The summed E-state index contributed by atoms with van der Waals surface area (Å²) in [4.78, 5) is 21.0. The first-order valence-electron chi connectivity index (χ1n) is 9.69. The predicted octanol–water partition coefficient (Wildman–Crippen LogP) is 3.64. The van der Waals surface area contributed by atoms with Crippen molar-refractivity contribution in [2.24, 2.45) is 0 Å². The molecule has 0 unspecified atom stereocenters. The second kappa shape index (κ2) is 7.85. The van der Waals surface area contributed by atoms with Gasteiger partial charge in [-0.3, -0.25) is 4.79 Å². The van der Waals surface area contributed by atoms with Gasteiger partial charge in [0, 0.05) is 48.6 Å². The number of hydrogen-bond acceptors (Lipinski definition) is 4. The summed E-state index contributed by atoms with van der Waals surface area (Å²) < 4.78 is 0. The second-order valence-corrected chi connectivity index (χ2v) is 8.60. The molecular formula is C22H27N3OS. The molecule has 2 aliphatic heterocycles. The quantitative estimate of drug-likeness (QED) is 0.811. The first-order valence-corrected chi connectivity index (χ1v) is 10.7. The van der Waals surface area contributed by atoms with Crippen molar-refractivity contribution in [3.05, 3.63) is 54.1 Å². The number of anilines is 2. The molecule has 0 radical (unpaired) electrons. The summed E-state index contributed by atoms with van der Waals surface area (Å²) >= 11 is 1.88. The lowest BCUT2D eigenvalue weighted by atomic mass is 10.1. The number of carbonyl (C=O) groups excluding carboxylic acids is 1. The molecule has 5 heteroatoms. The molecule has 2 aromatic carbocycles. The molecule has 4 rings (SSSR count). The molecule has 27 heavy (non-hydrogen) atoms. The number of aryl methyl sites for hydroxylation is 1. The highest BCUT2D eigenvalue weighted by atomic mass is 32.2. The van der Waals surface area contributed by atoms with E-state index in [2.05, 4.69) is 72.2 Å². The van der Waals surface area contributed by atoms with Crippen LogP contribution in [0.4, 0.5) is 11.4 Å². The molecule has 0 N–H and O–H groups in total. The molecule has 2 aromatic rings. The summed E-state index contributed by atoms with van der Waals surface area (Å²) in [5.41, 5.74) is 3.74. The maximum absolute atomic E-state index is 13.0. The Labute approximate surface area is 166 Å². The highest BCUT2D eigenvalue weighted by Gasteiger charge is 2.28. The molecule has 1 fully saturated rings. The zero-order valence-electron chi connectivity index (χ0n) is 16.1.